The van der Waals surface area contributed by atoms with Gasteiger partial charge in [0.25, 0.3) is 0 Å². The number of hydrogen-bond donors (Lipinski definition) is 0. The minimum atomic E-state index is 0.965. The first-order chi connectivity index (χ1) is 13.3. The quantitative estimate of drug-likeness (QED) is 0.433. The van der Waals surface area contributed by atoms with Crippen LogP contribution < -0.4 is 0 Å². The summed E-state index contributed by atoms with van der Waals surface area (Å²) in [7, 11) is 0. The van der Waals surface area contributed by atoms with Crippen molar-refractivity contribution >= 4 is 11.5 Å². The van der Waals surface area contributed by atoms with Crippen molar-refractivity contribution in [3.63, 3.8) is 0 Å². The molecule has 0 amide bonds. The number of aryl methyl sites for hydroxylation is 2. The summed E-state index contributed by atoms with van der Waals surface area (Å²) < 4.78 is 0. The van der Waals surface area contributed by atoms with E-state index in [1.807, 2.05) is 0 Å². The molecule has 1 aromatic rings. The molecule has 2 aliphatic carbocycles. The Kier molecular flexibility index (Phi) is 8.35. The van der Waals surface area contributed by atoms with Gasteiger partial charge in [-0.15, -0.1) is 0 Å². The number of unbranched alkanes of at least 4 members (excludes halogenated alkanes) is 2. The second-order valence-corrected chi connectivity index (χ2v) is 8.93. The molecule has 0 radical (unpaired) electrons. The molecule has 2 saturated carbocycles. The Hall–Kier alpha value is -1.18. The number of aromatic nitrogens is 1. The molecule has 0 spiro atoms. The summed E-state index contributed by atoms with van der Waals surface area (Å²) in [6.45, 7) is 4.54. The molecule has 0 bridgehead atoms. The molecule has 27 heavy (non-hydrogen) atoms. The summed E-state index contributed by atoms with van der Waals surface area (Å²) in [5, 5.41) is 0. The Labute approximate surface area is 167 Å². The van der Waals surface area contributed by atoms with Gasteiger partial charge < -0.3 is 0 Å². The summed E-state index contributed by atoms with van der Waals surface area (Å²) in [5.74, 6) is 2.94. The molecule has 3 rings (SSSR count). The monoisotopic (exact) mass is 368 g/mol. The maximum atomic E-state index is 4.99. The smallest absolute Gasteiger partial charge is 0.151 e. The van der Waals surface area contributed by atoms with Gasteiger partial charge in [0.05, 0.1) is 0 Å². The maximum Gasteiger partial charge on any atom is 0.151 e. The van der Waals surface area contributed by atoms with E-state index in [2.05, 4.69) is 26.1 Å². The fraction of sp³-hybridized carbons (Fsp3) is 0.760. The molecular formula is C25H40N2. The topological polar surface area (TPSA) is 25.2 Å². The normalized spacial score (nSPS) is 21.4. The number of aliphatic imine (C=N–C) groups is 1. The lowest BCUT2D eigenvalue weighted by molar-refractivity contribution is 0.221. The van der Waals surface area contributed by atoms with E-state index >= 15 is 0 Å². The largest absolute Gasteiger partial charge is 0.238 e. The van der Waals surface area contributed by atoms with Crippen molar-refractivity contribution in [3.8, 4) is 0 Å². The predicted molar refractivity (Wildman–Crippen MR) is 117 cm³/mol. The molecule has 2 heteroatoms. The number of pyridine rings is 1. The van der Waals surface area contributed by atoms with Crippen LogP contribution in [-0.4, -0.2) is 10.7 Å². The number of rotatable bonds is 8. The fourth-order valence-electron chi connectivity index (χ4n) is 5.19. The highest BCUT2D eigenvalue weighted by atomic mass is 14.9. The van der Waals surface area contributed by atoms with Gasteiger partial charge in [-0.05, 0) is 74.0 Å². The second-order valence-electron chi connectivity index (χ2n) is 8.93. The van der Waals surface area contributed by atoms with Crippen LogP contribution in [0, 0.1) is 11.8 Å². The fourth-order valence-corrected chi connectivity index (χ4v) is 5.19. The van der Waals surface area contributed by atoms with Gasteiger partial charge in [0, 0.05) is 11.9 Å². The third-order valence-corrected chi connectivity index (χ3v) is 6.83. The molecule has 1 heterocycles. The van der Waals surface area contributed by atoms with Crippen molar-refractivity contribution in [2.45, 2.75) is 110 Å². The first-order valence-electron chi connectivity index (χ1n) is 11.8. The van der Waals surface area contributed by atoms with E-state index in [1.165, 1.54) is 107 Å². The average Bonchev–Trinajstić information content (AvgIpc) is 2.71. The van der Waals surface area contributed by atoms with Crippen LogP contribution in [0.2, 0.25) is 0 Å². The summed E-state index contributed by atoms with van der Waals surface area (Å²) >= 11 is 0. The molecule has 0 aromatic carbocycles. The minimum absolute atomic E-state index is 0.965. The molecule has 0 N–H and O–H groups in total. The van der Waals surface area contributed by atoms with Crippen molar-refractivity contribution in [2.24, 2.45) is 16.8 Å². The number of hydrogen-bond acceptors (Lipinski definition) is 2. The number of nitrogens with zero attached hydrogens (tertiary/aromatic N) is 2. The molecule has 0 atom stereocenters. The van der Waals surface area contributed by atoms with Gasteiger partial charge in [0.1, 0.15) is 0 Å². The van der Waals surface area contributed by atoms with Gasteiger partial charge in [0.2, 0.25) is 0 Å². The van der Waals surface area contributed by atoms with E-state index in [0.29, 0.717) is 0 Å². The standard InChI is InChI=1S/C25H40N2/c1-3-5-7-13-22-18-25(26-19-23(22)10-4-2)27-24-16-14-21(15-17-24)20-11-8-6-9-12-20/h18-21H,3-17H2,1-2H3. The van der Waals surface area contributed by atoms with Gasteiger partial charge in [0.15, 0.2) is 5.82 Å². The zero-order chi connectivity index (χ0) is 18.9. The van der Waals surface area contributed by atoms with E-state index in [-0.39, 0.29) is 0 Å². The highest BCUT2D eigenvalue weighted by Crippen LogP contribution is 2.38. The third kappa shape index (κ3) is 6.16. The minimum Gasteiger partial charge on any atom is -0.238 e. The van der Waals surface area contributed by atoms with Crippen molar-refractivity contribution in [3.05, 3.63) is 23.4 Å². The lowest BCUT2D eigenvalue weighted by atomic mass is 9.73. The van der Waals surface area contributed by atoms with E-state index in [1.54, 1.807) is 0 Å². The van der Waals surface area contributed by atoms with Gasteiger partial charge in [-0.3, -0.25) is 0 Å². The predicted octanol–water partition coefficient (Wildman–Crippen LogP) is 7.61. The van der Waals surface area contributed by atoms with Crippen LogP contribution in [0.4, 0.5) is 5.82 Å². The molecule has 2 fully saturated rings. The Bertz CT molecular complexity index is 588. The zero-order valence-corrected chi connectivity index (χ0v) is 17.8. The van der Waals surface area contributed by atoms with E-state index in [9.17, 15) is 0 Å². The Morgan fingerprint density at radius 1 is 0.852 bits per heavy atom. The van der Waals surface area contributed by atoms with Crippen LogP contribution in [-0.2, 0) is 12.8 Å². The van der Waals surface area contributed by atoms with Gasteiger partial charge in [-0.2, -0.15) is 0 Å². The van der Waals surface area contributed by atoms with Crippen LogP contribution in [0.5, 0.6) is 0 Å². The molecule has 0 unspecified atom stereocenters. The van der Waals surface area contributed by atoms with Crippen LogP contribution in [0.3, 0.4) is 0 Å². The highest BCUT2D eigenvalue weighted by molar-refractivity contribution is 5.87. The summed E-state index contributed by atoms with van der Waals surface area (Å²) in [6, 6.07) is 2.29. The van der Waals surface area contributed by atoms with Crippen LogP contribution >= 0.6 is 0 Å². The van der Waals surface area contributed by atoms with E-state index in [0.717, 1.165) is 24.1 Å². The molecule has 2 aliphatic rings. The Morgan fingerprint density at radius 2 is 1.59 bits per heavy atom. The van der Waals surface area contributed by atoms with Crippen molar-refractivity contribution in [1.29, 1.82) is 0 Å². The van der Waals surface area contributed by atoms with Gasteiger partial charge >= 0.3 is 0 Å². The molecule has 0 aliphatic heterocycles. The summed E-state index contributed by atoms with van der Waals surface area (Å²) in [6.07, 6.45) is 22.0. The van der Waals surface area contributed by atoms with Crippen molar-refractivity contribution in [1.82, 2.24) is 4.98 Å². The second kappa shape index (κ2) is 11.0. The first-order valence-corrected chi connectivity index (χ1v) is 11.8. The lowest BCUT2D eigenvalue weighted by Gasteiger charge is -2.33. The molecular weight excluding hydrogens is 328 g/mol. The summed E-state index contributed by atoms with van der Waals surface area (Å²) in [4.78, 5) is 9.69. The zero-order valence-electron chi connectivity index (χ0n) is 17.8. The first kappa shape index (κ1) is 20.6. The van der Waals surface area contributed by atoms with Crippen LogP contribution in [0.15, 0.2) is 17.3 Å². The van der Waals surface area contributed by atoms with Crippen LogP contribution in [0.1, 0.15) is 108 Å². The summed E-state index contributed by atoms with van der Waals surface area (Å²) in [5.41, 5.74) is 4.34. The van der Waals surface area contributed by atoms with Crippen molar-refractivity contribution < 1.29 is 0 Å². The lowest BCUT2D eigenvalue weighted by Crippen LogP contribution is -2.23. The molecule has 150 valence electrons. The third-order valence-electron chi connectivity index (χ3n) is 6.83. The Morgan fingerprint density at radius 3 is 2.30 bits per heavy atom. The molecule has 1 aromatic heterocycles. The van der Waals surface area contributed by atoms with E-state index in [4.69, 9.17) is 9.98 Å². The highest BCUT2D eigenvalue weighted by Gasteiger charge is 2.26. The SMILES string of the molecule is CCCCCc1cc(N=C2CCC(C3CCCCC3)CC2)ncc1CCC. The van der Waals surface area contributed by atoms with Gasteiger partial charge in [-0.1, -0.05) is 65.2 Å². The maximum absolute atomic E-state index is 4.99. The van der Waals surface area contributed by atoms with E-state index < -0.39 is 0 Å². The Balaban J connectivity index is 1.61. The van der Waals surface area contributed by atoms with Crippen molar-refractivity contribution in [2.75, 3.05) is 0 Å². The van der Waals surface area contributed by atoms with Crippen LogP contribution in [0.25, 0.3) is 0 Å². The average molecular weight is 369 g/mol. The molecule has 0 saturated heterocycles. The van der Waals surface area contributed by atoms with Gasteiger partial charge in [-0.25, -0.2) is 9.98 Å². The molecule has 2 nitrogen and oxygen atoms in total.